The first kappa shape index (κ1) is 19.9. The zero-order chi connectivity index (χ0) is 20.3. The minimum absolute atomic E-state index is 0.330. The number of anilines is 2. The van der Waals surface area contributed by atoms with Crippen LogP contribution in [-0.4, -0.2) is 49.1 Å². The maximum absolute atomic E-state index is 13.1. The molecule has 3 N–H and O–H groups in total. The highest BCUT2D eigenvalue weighted by Gasteiger charge is 2.51. The van der Waals surface area contributed by atoms with Gasteiger partial charge in [0.1, 0.15) is 0 Å². The van der Waals surface area contributed by atoms with Gasteiger partial charge in [0, 0.05) is 24.3 Å². The number of hydrogen-bond donors (Lipinski definition) is 3. The number of nitrogens with zero attached hydrogens (tertiary/aromatic N) is 2. The van der Waals surface area contributed by atoms with Gasteiger partial charge in [-0.25, -0.2) is 4.79 Å². The second-order valence-electron chi connectivity index (χ2n) is 7.06. The van der Waals surface area contributed by atoms with Crippen molar-refractivity contribution in [2.45, 2.75) is 19.1 Å². The number of aliphatic hydroxyl groups is 1. The molecule has 0 fully saturated rings. The molecule has 2 aromatic rings. The molecule has 0 saturated carbocycles. The lowest BCUT2D eigenvalue weighted by Gasteiger charge is -2.42. The van der Waals surface area contributed by atoms with Gasteiger partial charge in [-0.1, -0.05) is 37.3 Å². The van der Waals surface area contributed by atoms with E-state index < -0.39 is 17.7 Å². The molecule has 148 valence electrons. The third-order valence-electron chi connectivity index (χ3n) is 4.83. The Morgan fingerprint density at radius 2 is 1.86 bits per heavy atom. The van der Waals surface area contributed by atoms with Gasteiger partial charge in [0.15, 0.2) is 0 Å². The fraction of sp³-hybridized carbons (Fsp3) is 0.333. The van der Waals surface area contributed by atoms with E-state index in [1.165, 1.54) is 0 Å². The van der Waals surface area contributed by atoms with E-state index in [0.717, 1.165) is 16.9 Å². The van der Waals surface area contributed by atoms with Gasteiger partial charge in [0.2, 0.25) is 0 Å². The Balaban J connectivity index is 2.05. The molecule has 1 atom stereocenters. The third-order valence-corrected chi connectivity index (χ3v) is 4.83. The van der Waals surface area contributed by atoms with Crippen molar-refractivity contribution in [3.05, 3.63) is 59.7 Å². The smallest absolute Gasteiger partial charge is 0.329 e. The van der Waals surface area contributed by atoms with Crippen molar-refractivity contribution >= 4 is 23.3 Å². The topological polar surface area (TPSA) is 84.9 Å². The van der Waals surface area contributed by atoms with E-state index in [1.54, 1.807) is 36.4 Å². The summed E-state index contributed by atoms with van der Waals surface area (Å²) in [6.45, 7) is 2.99. The predicted molar refractivity (Wildman–Crippen MR) is 109 cm³/mol. The van der Waals surface area contributed by atoms with Crippen LogP contribution in [0.5, 0.6) is 0 Å². The van der Waals surface area contributed by atoms with E-state index >= 15 is 0 Å². The van der Waals surface area contributed by atoms with Crippen LogP contribution in [0.1, 0.15) is 18.1 Å². The summed E-state index contributed by atoms with van der Waals surface area (Å²) >= 11 is 0. The molecule has 3 amide bonds. The highest BCUT2D eigenvalue weighted by Crippen LogP contribution is 2.39. The number of para-hydroxylation sites is 1. The molecule has 1 aliphatic rings. The van der Waals surface area contributed by atoms with E-state index in [1.807, 2.05) is 38.1 Å². The zero-order valence-electron chi connectivity index (χ0n) is 16.4. The van der Waals surface area contributed by atoms with Gasteiger partial charge in [-0.05, 0) is 44.3 Å². The minimum Gasteiger partial charge on any atom is -0.359 e. The number of fused-ring (bicyclic) bond motifs is 1. The number of likely N-dealkylation sites (N-methyl/N-ethyl adjacent to an activating group) is 1. The molecule has 1 aliphatic heterocycles. The summed E-state index contributed by atoms with van der Waals surface area (Å²) in [7, 11) is 3.79. The van der Waals surface area contributed by atoms with E-state index in [2.05, 4.69) is 10.6 Å². The summed E-state index contributed by atoms with van der Waals surface area (Å²) in [6, 6.07) is 13.5. The lowest BCUT2D eigenvalue weighted by Crippen LogP contribution is -2.62. The first-order chi connectivity index (χ1) is 13.4. The van der Waals surface area contributed by atoms with E-state index in [9.17, 15) is 14.7 Å². The van der Waals surface area contributed by atoms with Crippen LogP contribution in [0.3, 0.4) is 0 Å². The number of nitrogens with one attached hydrogen (secondary N) is 2. The fourth-order valence-electron chi connectivity index (χ4n) is 3.26. The number of carbonyl (C=O) groups is 2. The second-order valence-corrected chi connectivity index (χ2v) is 7.06. The molecule has 0 bridgehead atoms. The molecule has 1 unspecified atom stereocenters. The summed E-state index contributed by atoms with van der Waals surface area (Å²) in [5, 5.41) is 17.1. The van der Waals surface area contributed by atoms with Crippen LogP contribution >= 0.6 is 0 Å². The monoisotopic (exact) mass is 382 g/mol. The number of benzene rings is 2. The lowest BCUT2D eigenvalue weighted by molar-refractivity contribution is -0.140. The maximum Gasteiger partial charge on any atom is 0.329 e. The molecule has 0 aromatic heterocycles. The van der Waals surface area contributed by atoms with Gasteiger partial charge in [-0.15, -0.1) is 0 Å². The van der Waals surface area contributed by atoms with Crippen LogP contribution in [0.4, 0.5) is 16.2 Å². The first-order valence-corrected chi connectivity index (χ1v) is 9.33. The van der Waals surface area contributed by atoms with Gasteiger partial charge in [-0.3, -0.25) is 9.69 Å². The van der Waals surface area contributed by atoms with Crippen molar-refractivity contribution in [3.8, 4) is 0 Å². The number of amides is 3. The van der Waals surface area contributed by atoms with Gasteiger partial charge in [0.05, 0.1) is 5.69 Å². The number of rotatable bonds is 6. The summed E-state index contributed by atoms with van der Waals surface area (Å²) in [5.41, 5.74) is 0.129. The fourth-order valence-corrected chi connectivity index (χ4v) is 3.26. The van der Waals surface area contributed by atoms with Crippen LogP contribution in [0.15, 0.2) is 48.5 Å². The van der Waals surface area contributed by atoms with Crippen molar-refractivity contribution in [1.29, 1.82) is 0 Å². The first-order valence-electron chi connectivity index (χ1n) is 9.33. The Morgan fingerprint density at radius 3 is 2.50 bits per heavy atom. The van der Waals surface area contributed by atoms with Crippen LogP contribution in [0.2, 0.25) is 0 Å². The highest BCUT2D eigenvalue weighted by atomic mass is 16.3. The molecule has 1 heterocycles. The number of aryl methyl sites for hydroxylation is 1. The molecule has 7 heteroatoms. The highest BCUT2D eigenvalue weighted by molar-refractivity contribution is 6.11. The SMILES string of the molecule is CCc1ccc(N2C(=O)Nc3ccccc3C2(O)C(=O)NCCN(C)C)cc1. The number of carbonyl (C=O) groups excluding carboxylic acids is 2. The largest absolute Gasteiger partial charge is 0.359 e. The minimum atomic E-state index is -2.15. The maximum atomic E-state index is 13.1. The van der Waals surface area contributed by atoms with Gasteiger partial charge in [-0.2, -0.15) is 0 Å². The third kappa shape index (κ3) is 3.58. The van der Waals surface area contributed by atoms with Crippen LogP contribution in [0.25, 0.3) is 0 Å². The van der Waals surface area contributed by atoms with Crippen molar-refractivity contribution in [1.82, 2.24) is 10.2 Å². The Bertz CT molecular complexity index is 866. The molecule has 0 radical (unpaired) electrons. The molecule has 3 rings (SSSR count). The zero-order valence-corrected chi connectivity index (χ0v) is 16.4. The average molecular weight is 382 g/mol. The van der Waals surface area contributed by atoms with E-state index in [0.29, 0.717) is 30.0 Å². The molecule has 0 aliphatic carbocycles. The van der Waals surface area contributed by atoms with Crippen molar-refractivity contribution in [2.24, 2.45) is 0 Å². The Kier molecular flexibility index (Phi) is 5.67. The molecule has 7 nitrogen and oxygen atoms in total. The summed E-state index contributed by atoms with van der Waals surface area (Å²) in [5.74, 6) is -0.642. The Morgan fingerprint density at radius 1 is 1.18 bits per heavy atom. The van der Waals surface area contributed by atoms with Crippen LogP contribution in [0, 0.1) is 0 Å². The summed E-state index contributed by atoms with van der Waals surface area (Å²) < 4.78 is 0. The summed E-state index contributed by atoms with van der Waals surface area (Å²) in [6.07, 6.45) is 0.852. The lowest BCUT2D eigenvalue weighted by atomic mass is 9.94. The molecular formula is C21H26N4O3. The summed E-state index contributed by atoms with van der Waals surface area (Å²) in [4.78, 5) is 29.0. The standard InChI is InChI=1S/C21H26N4O3/c1-4-15-9-11-16(12-10-15)25-20(27)23-18-8-6-5-7-17(18)21(25,28)19(26)22-13-14-24(2)3/h5-12,28H,4,13-14H2,1-3H3,(H,22,26)(H,23,27). The van der Waals surface area contributed by atoms with Crippen LogP contribution in [-0.2, 0) is 16.9 Å². The predicted octanol–water partition coefficient (Wildman–Crippen LogP) is 2.12. The molecular weight excluding hydrogens is 356 g/mol. The van der Waals surface area contributed by atoms with Crippen molar-refractivity contribution < 1.29 is 14.7 Å². The van der Waals surface area contributed by atoms with Crippen LogP contribution < -0.4 is 15.5 Å². The Labute approximate surface area is 165 Å². The van der Waals surface area contributed by atoms with E-state index in [-0.39, 0.29) is 0 Å². The van der Waals surface area contributed by atoms with Crippen molar-refractivity contribution in [3.63, 3.8) is 0 Å². The average Bonchev–Trinajstić information content (AvgIpc) is 2.68. The molecule has 0 spiro atoms. The van der Waals surface area contributed by atoms with Gasteiger partial charge >= 0.3 is 6.03 Å². The number of urea groups is 1. The second kappa shape index (κ2) is 8.00. The molecule has 0 saturated heterocycles. The van der Waals surface area contributed by atoms with Gasteiger partial charge in [0.25, 0.3) is 11.6 Å². The Hall–Kier alpha value is -2.90. The number of hydrogen-bond acceptors (Lipinski definition) is 4. The van der Waals surface area contributed by atoms with E-state index in [4.69, 9.17) is 0 Å². The molecule has 28 heavy (non-hydrogen) atoms. The van der Waals surface area contributed by atoms with Gasteiger partial charge < -0.3 is 20.6 Å². The van der Waals surface area contributed by atoms with Crippen molar-refractivity contribution in [2.75, 3.05) is 37.4 Å². The normalized spacial score (nSPS) is 18.6. The molecule has 2 aromatic carbocycles. The quantitative estimate of drug-likeness (QED) is 0.715.